The van der Waals surface area contributed by atoms with Crippen LogP contribution >= 0.6 is 0 Å². The van der Waals surface area contributed by atoms with E-state index in [2.05, 4.69) is 25.8 Å². The molecule has 0 spiro atoms. The highest BCUT2D eigenvalue weighted by atomic mass is 19.1. The van der Waals surface area contributed by atoms with E-state index in [1.54, 1.807) is 12.4 Å². The predicted octanol–water partition coefficient (Wildman–Crippen LogP) is 3.50. The summed E-state index contributed by atoms with van der Waals surface area (Å²) in [5, 5.41) is 14.7. The van der Waals surface area contributed by atoms with Crippen LogP contribution in [0.3, 0.4) is 0 Å². The number of hydrogen-bond acceptors (Lipinski definition) is 6. The first-order valence-electron chi connectivity index (χ1n) is 11.7. The topological polar surface area (TPSA) is 96.7 Å². The number of ether oxygens (including phenoxy) is 1. The Labute approximate surface area is 197 Å². The Morgan fingerprint density at radius 2 is 2.06 bits per heavy atom. The van der Waals surface area contributed by atoms with Crippen LogP contribution < -0.4 is 15.4 Å². The van der Waals surface area contributed by atoms with Crippen molar-refractivity contribution in [3.05, 3.63) is 47.2 Å². The number of halogens is 1. The zero-order chi connectivity index (χ0) is 23.9. The number of fused-ring (bicyclic) bond motifs is 2. The van der Waals surface area contributed by atoms with Gasteiger partial charge in [0, 0.05) is 54.5 Å². The van der Waals surface area contributed by atoms with Crippen LogP contribution in [0.4, 0.5) is 15.1 Å². The van der Waals surface area contributed by atoms with Gasteiger partial charge in [-0.05, 0) is 51.7 Å². The molecule has 0 unspecified atom stereocenters. The molecule has 0 radical (unpaired) electrons. The number of nitrogens with zero attached hydrogens (tertiary/aromatic N) is 5. The number of amides is 2. The maximum Gasteiger partial charge on any atom is 0.317 e. The molecule has 2 N–H and O–H groups in total. The van der Waals surface area contributed by atoms with Crippen molar-refractivity contribution >= 4 is 17.6 Å². The Morgan fingerprint density at radius 1 is 1.26 bits per heavy atom. The van der Waals surface area contributed by atoms with Gasteiger partial charge in [0.2, 0.25) is 5.95 Å². The lowest BCUT2D eigenvalue weighted by molar-refractivity contribution is 0.173. The first-order valence-corrected chi connectivity index (χ1v) is 11.7. The number of hydrogen-bond donors (Lipinski definition) is 2. The summed E-state index contributed by atoms with van der Waals surface area (Å²) in [6.45, 7) is 8.15. The molecule has 2 aliphatic rings. The van der Waals surface area contributed by atoms with Gasteiger partial charge in [0.15, 0.2) is 5.65 Å². The number of benzene rings is 1. The van der Waals surface area contributed by atoms with Gasteiger partial charge in [-0.15, -0.1) is 10.2 Å². The smallest absolute Gasteiger partial charge is 0.317 e. The lowest BCUT2D eigenvalue weighted by Gasteiger charge is -2.34. The Balaban J connectivity index is 1.30. The fraction of sp³-hybridized carbons (Fsp3) is 0.500. The second-order valence-electron chi connectivity index (χ2n) is 9.96. The minimum atomic E-state index is -0.260. The molecule has 34 heavy (non-hydrogen) atoms. The minimum absolute atomic E-state index is 0.0266. The zero-order valence-corrected chi connectivity index (χ0v) is 19.8. The third-order valence-electron chi connectivity index (χ3n) is 6.43. The summed E-state index contributed by atoms with van der Waals surface area (Å²) in [4.78, 5) is 19.0. The summed E-state index contributed by atoms with van der Waals surface area (Å²) in [6.07, 6.45) is 5.81. The molecule has 2 aliphatic heterocycles. The molecule has 9 nitrogen and oxygen atoms in total. The molecule has 10 heteroatoms. The van der Waals surface area contributed by atoms with Crippen molar-refractivity contribution in [1.29, 1.82) is 0 Å². The summed E-state index contributed by atoms with van der Waals surface area (Å²) in [5.74, 6) is 1.29. The molecule has 1 aromatic carbocycles. The number of piperidine rings is 1. The van der Waals surface area contributed by atoms with E-state index in [1.807, 2.05) is 36.3 Å². The van der Waals surface area contributed by atoms with E-state index in [9.17, 15) is 9.18 Å². The highest BCUT2D eigenvalue weighted by Gasteiger charge is 2.28. The Morgan fingerprint density at radius 3 is 2.82 bits per heavy atom. The molecular formula is C24H30FN7O2. The molecule has 0 aliphatic carbocycles. The number of nitrogens with one attached hydrogen (secondary N) is 2. The van der Waals surface area contributed by atoms with Crippen molar-refractivity contribution in [3.63, 3.8) is 0 Å². The summed E-state index contributed by atoms with van der Waals surface area (Å²) in [6, 6.07) is 3.10. The monoisotopic (exact) mass is 467 g/mol. The summed E-state index contributed by atoms with van der Waals surface area (Å²) >= 11 is 0. The SMILES string of the molecule is CC(C)(C)NC(=O)N1CCC(c2cnc(NCc3c(F)ccc4c3CCO4)n3cnnc23)CC1. The third kappa shape index (κ3) is 4.36. The van der Waals surface area contributed by atoms with E-state index < -0.39 is 0 Å². The van der Waals surface area contributed by atoms with Gasteiger partial charge in [0.05, 0.1) is 6.61 Å². The van der Waals surface area contributed by atoms with Crippen LogP contribution in [0.25, 0.3) is 5.65 Å². The van der Waals surface area contributed by atoms with Crippen molar-refractivity contribution in [2.75, 3.05) is 25.0 Å². The van der Waals surface area contributed by atoms with Crippen molar-refractivity contribution in [2.24, 2.45) is 0 Å². The van der Waals surface area contributed by atoms with E-state index in [4.69, 9.17) is 4.74 Å². The van der Waals surface area contributed by atoms with Gasteiger partial charge in [-0.2, -0.15) is 0 Å². The van der Waals surface area contributed by atoms with E-state index in [1.165, 1.54) is 6.07 Å². The largest absolute Gasteiger partial charge is 0.493 e. The van der Waals surface area contributed by atoms with Gasteiger partial charge in [-0.3, -0.25) is 4.40 Å². The lowest BCUT2D eigenvalue weighted by Crippen LogP contribution is -2.50. The molecule has 2 aromatic heterocycles. The molecule has 4 heterocycles. The fourth-order valence-electron chi connectivity index (χ4n) is 4.72. The van der Waals surface area contributed by atoms with Crippen LogP contribution in [-0.2, 0) is 13.0 Å². The van der Waals surface area contributed by atoms with Crippen molar-refractivity contribution in [3.8, 4) is 5.75 Å². The van der Waals surface area contributed by atoms with Gasteiger partial charge in [-0.1, -0.05) is 0 Å². The maximum atomic E-state index is 14.5. The zero-order valence-electron chi connectivity index (χ0n) is 19.8. The van der Waals surface area contributed by atoms with Gasteiger partial charge >= 0.3 is 6.03 Å². The molecular weight excluding hydrogens is 437 g/mol. The second-order valence-corrected chi connectivity index (χ2v) is 9.96. The second kappa shape index (κ2) is 8.73. The molecule has 0 atom stereocenters. The summed E-state index contributed by atoms with van der Waals surface area (Å²) < 4.78 is 21.9. The normalized spacial score (nSPS) is 16.4. The average molecular weight is 468 g/mol. The van der Waals surface area contributed by atoms with E-state index in [0.717, 1.165) is 35.4 Å². The van der Waals surface area contributed by atoms with Crippen LogP contribution in [0.1, 0.15) is 56.2 Å². The van der Waals surface area contributed by atoms with Crippen LogP contribution in [-0.4, -0.2) is 55.7 Å². The highest BCUT2D eigenvalue weighted by molar-refractivity contribution is 5.75. The molecule has 3 aromatic rings. The lowest BCUT2D eigenvalue weighted by atomic mass is 9.91. The third-order valence-corrected chi connectivity index (χ3v) is 6.43. The minimum Gasteiger partial charge on any atom is -0.493 e. The standard InChI is InChI=1S/C24H30FN7O2/c1-24(2,3)29-23(33)31-9-6-15(7-10-31)17-12-26-22(32-14-28-30-21(17)32)27-13-18-16-8-11-34-20(16)5-4-19(18)25/h4-5,12,14-15H,6-11,13H2,1-3H3,(H,26,27)(H,29,33). The fourth-order valence-corrected chi connectivity index (χ4v) is 4.72. The molecule has 1 fully saturated rings. The highest BCUT2D eigenvalue weighted by Crippen LogP contribution is 2.32. The first-order chi connectivity index (χ1) is 16.3. The Kier molecular flexibility index (Phi) is 5.75. The summed E-state index contributed by atoms with van der Waals surface area (Å²) in [7, 11) is 0. The number of carbonyl (C=O) groups is 1. The average Bonchev–Trinajstić information content (AvgIpc) is 3.47. The van der Waals surface area contributed by atoms with Crippen LogP contribution in [0, 0.1) is 5.82 Å². The molecule has 0 saturated carbocycles. The number of anilines is 1. The number of likely N-dealkylation sites (tertiary alicyclic amines) is 1. The van der Waals surface area contributed by atoms with Crippen LogP contribution in [0.2, 0.25) is 0 Å². The van der Waals surface area contributed by atoms with Crippen molar-refractivity contribution < 1.29 is 13.9 Å². The van der Waals surface area contributed by atoms with Gasteiger partial charge in [0.25, 0.3) is 0 Å². The Bertz CT molecular complexity index is 1210. The van der Waals surface area contributed by atoms with E-state index >= 15 is 0 Å². The number of urea groups is 1. The van der Waals surface area contributed by atoms with Gasteiger partial charge in [0.1, 0.15) is 17.9 Å². The molecule has 5 rings (SSSR count). The Hall–Kier alpha value is -3.43. The van der Waals surface area contributed by atoms with Crippen molar-refractivity contribution in [2.45, 2.75) is 58.0 Å². The predicted molar refractivity (Wildman–Crippen MR) is 126 cm³/mol. The van der Waals surface area contributed by atoms with Crippen LogP contribution in [0.5, 0.6) is 5.75 Å². The molecule has 0 bridgehead atoms. The first kappa shape index (κ1) is 22.4. The van der Waals surface area contributed by atoms with Crippen molar-refractivity contribution in [1.82, 2.24) is 29.8 Å². The molecule has 2 amide bonds. The number of aromatic nitrogens is 4. The molecule has 180 valence electrons. The van der Waals surface area contributed by atoms with Gasteiger partial charge in [-0.25, -0.2) is 14.2 Å². The number of rotatable bonds is 4. The van der Waals surface area contributed by atoms with E-state index in [0.29, 0.717) is 44.2 Å². The van der Waals surface area contributed by atoms with Gasteiger partial charge < -0.3 is 20.3 Å². The van der Waals surface area contributed by atoms with Crippen LogP contribution in [0.15, 0.2) is 24.7 Å². The maximum absolute atomic E-state index is 14.5. The molecule has 1 saturated heterocycles. The van der Waals surface area contributed by atoms with E-state index in [-0.39, 0.29) is 23.3 Å². The number of carbonyl (C=O) groups excluding carboxylic acids is 1. The quantitative estimate of drug-likeness (QED) is 0.610. The summed E-state index contributed by atoms with van der Waals surface area (Å²) in [5.41, 5.74) is 3.00.